The number of nitrogens with one attached hydrogen (secondary N) is 2. The van der Waals surface area contributed by atoms with Crippen molar-refractivity contribution >= 4 is 21.8 Å². The summed E-state index contributed by atoms with van der Waals surface area (Å²) in [6, 6.07) is 4.94. The van der Waals surface area contributed by atoms with E-state index in [1.165, 1.54) is 18.6 Å². The van der Waals surface area contributed by atoms with Gasteiger partial charge in [0.05, 0.1) is 5.56 Å². The molecule has 1 atom stereocenters. The fraction of sp³-hybridized carbons (Fsp3) is 0.462. The van der Waals surface area contributed by atoms with Gasteiger partial charge < -0.3 is 10.6 Å². The number of halogens is 2. The maximum absolute atomic E-state index is 13.5. The van der Waals surface area contributed by atoms with E-state index in [0.29, 0.717) is 17.1 Å². The standard InChI is InChI=1S/C13H16BrFN2O/c14-9-3-4-11(12(15)8-9)13(18)17-7-5-10-2-1-6-16-10/h3-4,8,10,16H,1-2,5-7H2,(H,17,18). The Hall–Kier alpha value is -0.940. The molecule has 0 aliphatic carbocycles. The Labute approximate surface area is 114 Å². The Morgan fingerprint density at radius 1 is 1.56 bits per heavy atom. The lowest BCUT2D eigenvalue weighted by molar-refractivity contribution is 0.0948. The minimum atomic E-state index is -0.499. The molecule has 1 unspecified atom stereocenters. The molecule has 1 saturated heterocycles. The minimum Gasteiger partial charge on any atom is -0.352 e. The molecule has 2 N–H and O–H groups in total. The zero-order chi connectivity index (χ0) is 13.0. The summed E-state index contributed by atoms with van der Waals surface area (Å²) in [6.45, 7) is 1.63. The maximum atomic E-state index is 13.5. The van der Waals surface area contributed by atoms with Crippen molar-refractivity contribution < 1.29 is 9.18 Å². The smallest absolute Gasteiger partial charge is 0.254 e. The summed E-state index contributed by atoms with van der Waals surface area (Å²) in [5.41, 5.74) is 0.0950. The Kier molecular flexibility index (Phi) is 4.72. The number of benzene rings is 1. The van der Waals surface area contributed by atoms with E-state index in [-0.39, 0.29) is 11.5 Å². The average Bonchev–Trinajstić information content (AvgIpc) is 2.81. The molecule has 1 aromatic carbocycles. The second-order valence-electron chi connectivity index (χ2n) is 4.46. The van der Waals surface area contributed by atoms with Crippen LogP contribution in [-0.4, -0.2) is 25.0 Å². The molecule has 0 radical (unpaired) electrons. The predicted molar refractivity (Wildman–Crippen MR) is 72.1 cm³/mol. The average molecular weight is 315 g/mol. The van der Waals surface area contributed by atoms with Crippen molar-refractivity contribution in [3.8, 4) is 0 Å². The van der Waals surface area contributed by atoms with Crippen LogP contribution >= 0.6 is 15.9 Å². The lowest BCUT2D eigenvalue weighted by Crippen LogP contribution is -2.31. The summed E-state index contributed by atoms with van der Waals surface area (Å²) in [6.07, 6.45) is 3.24. The van der Waals surface area contributed by atoms with E-state index in [1.54, 1.807) is 6.07 Å². The van der Waals surface area contributed by atoms with Crippen LogP contribution in [0.15, 0.2) is 22.7 Å². The largest absolute Gasteiger partial charge is 0.352 e. The van der Waals surface area contributed by atoms with Crippen LogP contribution in [0.1, 0.15) is 29.6 Å². The molecule has 3 nitrogen and oxygen atoms in total. The van der Waals surface area contributed by atoms with Crippen molar-refractivity contribution in [2.24, 2.45) is 0 Å². The lowest BCUT2D eigenvalue weighted by Gasteiger charge is -2.11. The number of hydrogen-bond acceptors (Lipinski definition) is 2. The van der Waals surface area contributed by atoms with Crippen molar-refractivity contribution in [2.45, 2.75) is 25.3 Å². The van der Waals surface area contributed by atoms with Crippen LogP contribution in [0.5, 0.6) is 0 Å². The Morgan fingerprint density at radius 3 is 3.06 bits per heavy atom. The SMILES string of the molecule is O=C(NCCC1CCCN1)c1ccc(Br)cc1F. The maximum Gasteiger partial charge on any atom is 0.254 e. The van der Waals surface area contributed by atoms with Gasteiger partial charge in [0, 0.05) is 17.1 Å². The van der Waals surface area contributed by atoms with E-state index in [4.69, 9.17) is 0 Å². The third kappa shape index (κ3) is 3.53. The van der Waals surface area contributed by atoms with Crippen LogP contribution in [0, 0.1) is 5.82 Å². The van der Waals surface area contributed by atoms with Gasteiger partial charge in [-0.3, -0.25) is 4.79 Å². The first kappa shape index (κ1) is 13.5. The van der Waals surface area contributed by atoms with Gasteiger partial charge in [-0.15, -0.1) is 0 Å². The summed E-state index contributed by atoms with van der Waals surface area (Å²) in [5, 5.41) is 6.11. The summed E-state index contributed by atoms with van der Waals surface area (Å²) < 4.78 is 14.2. The second kappa shape index (κ2) is 6.29. The van der Waals surface area contributed by atoms with Gasteiger partial charge in [0.15, 0.2) is 0 Å². The van der Waals surface area contributed by atoms with E-state index < -0.39 is 5.82 Å². The molecule has 1 aliphatic heterocycles. The van der Waals surface area contributed by atoms with Crippen LogP contribution in [0.2, 0.25) is 0 Å². The van der Waals surface area contributed by atoms with E-state index in [9.17, 15) is 9.18 Å². The van der Waals surface area contributed by atoms with Crippen molar-refractivity contribution in [3.05, 3.63) is 34.1 Å². The van der Waals surface area contributed by atoms with Gasteiger partial charge in [0.2, 0.25) is 0 Å². The molecular formula is C13H16BrFN2O. The molecule has 1 fully saturated rings. The van der Waals surface area contributed by atoms with Crippen molar-refractivity contribution in [1.29, 1.82) is 0 Å². The predicted octanol–water partition coefficient (Wildman–Crippen LogP) is 2.46. The molecule has 98 valence electrons. The van der Waals surface area contributed by atoms with E-state index in [0.717, 1.165) is 19.4 Å². The Bertz CT molecular complexity index is 433. The number of hydrogen-bond donors (Lipinski definition) is 2. The van der Waals surface area contributed by atoms with Gasteiger partial charge in [0.1, 0.15) is 5.82 Å². The Morgan fingerprint density at radius 2 is 2.39 bits per heavy atom. The normalized spacial score (nSPS) is 18.9. The molecule has 5 heteroatoms. The Balaban J connectivity index is 1.83. The van der Waals surface area contributed by atoms with Crippen LogP contribution in [0.25, 0.3) is 0 Å². The first-order valence-corrected chi connectivity index (χ1v) is 6.93. The van der Waals surface area contributed by atoms with E-state index in [2.05, 4.69) is 26.6 Å². The molecule has 0 spiro atoms. The minimum absolute atomic E-state index is 0.0950. The first-order chi connectivity index (χ1) is 8.66. The fourth-order valence-electron chi connectivity index (χ4n) is 2.13. The van der Waals surface area contributed by atoms with Gasteiger partial charge in [-0.2, -0.15) is 0 Å². The zero-order valence-electron chi connectivity index (χ0n) is 10.0. The fourth-order valence-corrected chi connectivity index (χ4v) is 2.47. The van der Waals surface area contributed by atoms with Crippen molar-refractivity contribution in [2.75, 3.05) is 13.1 Å². The van der Waals surface area contributed by atoms with Gasteiger partial charge in [-0.25, -0.2) is 4.39 Å². The van der Waals surface area contributed by atoms with Gasteiger partial charge in [0.25, 0.3) is 5.91 Å². The van der Waals surface area contributed by atoms with Crippen LogP contribution < -0.4 is 10.6 Å². The van der Waals surface area contributed by atoms with Gasteiger partial charge in [-0.1, -0.05) is 15.9 Å². The molecule has 0 bridgehead atoms. The monoisotopic (exact) mass is 314 g/mol. The summed E-state index contributed by atoms with van der Waals surface area (Å²) in [7, 11) is 0. The van der Waals surface area contributed by atoms with Gasteiger partial charge >= 0.3 is 0 Å². The van der Waals surface area contributed by atoms with E-state index in [1.807, 2.05) is 0 Å². The summed E-state index contributed by atoms with van der Waals surface area (Å²) >= 11 is 3.16. The summed E-state index contributed by atoms with van der Waals surface area (Å²) in [4.78, 5) is 11.8. The third-order valence-electron chi connectivity index (χ3n) is 3.12. The van der Waals surface area contributed by atoms with Crippen LogP contribution in [0.4, 0.5) is 4.39 Å². The summed E-state index contributed by atoms with van der Waals surface area (Å²) in [5.74, 6) is -0.848. The molecule has 1 amide bonds. The van der Waals surface area contributed by atoms with Crippen LogP contribution in [0.3, 0.4) is 0 Å². The highest BCUT2D eigenvalue weighted by molar-refractivity contribution is 9.10. The highest BCUT2D eigenvalue weighted by atomic mass is 79.9. The number of carbonyl (C=O) groups excluding carboxylic acids is 1. The molecule has 18 heavy (non-hydrogen) atoms. The van der Waals surface area contributed by atoms with E-state index >= 15 is 0 Å². The van der Waals surface area contributed by atoms with Crippen molar-refractivity contribution in [1.82, 2.24) is 10.6 Å². The van der Waals surface area contributed by atoms with Crippen LogP contribution in [-0.2, 0) is 0 Å². The second-order valence-corrected chi connectivity index (χ2v) is 5.38. The topological polar surface area (TPSA) is 41.1 Å². The molecule has 1 aromatic rings. The first-order valence-electron chi connectivity index (χ1n) is 6.13. The molecule has 2 rings (SSSR count). The quantitative estimate of drug-likeness (QED) is 0.896. The highest BCUT2D eigenvalue weighted by Crippen LogP contribution is 2.15. The number of carbonyl (C=O) groups is 1. The molecule has 1 heterocycles. The lowest BCUT2D eigenvalue weighted by atomic mass is 10.1. The molecule has 0 saturated carbocycles. The van der Waals surface area contributed by atoms with Crippen molar-refractivity contribution in [3.63, 3.8) is 0 Å². The molecule has 0 aromatic heterocycles. The number of amides is 1. The molecule has 1 aliphatic rings. The third-order valence-corrected chi connectivity index (χ3v) is 3.61. The zero-order valence-corrected chi connectivity index (χ0v) is 11.6. The number of rotatable bonds is 4. The van der Waals surface area contributed by atoms with Gasteiger partial charge in [-0.05, 0) is 44.0 Å². The molecular weight excluding hydrogens is 299 g/mol. The highest BCUT2D eigenvalue weighted by Gasteiger charge is 2.15.